The smallest absolute Gasteiger partial charge is 0.252 e. The Hall–Kier alpha value is -2.11. The SMILES string of the molecule is COc1ccc(C(=O)NCC2(c3cccc(Cl)c3)CCOCC2)cn1. The molecule has 1 saturated heterocycles. The summed E-state index contributed by atoms with van der Waals surface area (Å²) in [6, 6.07) is 11.2. The molecule has 3 rings (SSSR count). The minimum Gasteiger partial charge on any atom is -0.481 e. The predicted octanol–water partition coefficient (Wildman–Crippen LogP) is 3.22. The van der Waals surface area contributed by atoms with Gasteiger partial charge in [0.05, 0.1) is 12.7 Å². The van der Waals surface area contributed by atoms with Gasteiger partial charge >= 0.3 is 0 Å². The van der Waals surface area contributed by atoms with Crippen molar-refractivity contribution in [2.24, 2.45) is 0 Å². The fourth-order valence-corrected chi connectivity index (χ4v) is 3.33. The lowest BCUT2D eigenvalue weighted by atomic mass is 9.74. The number of nitrogens with zero attached hydrogens (tertiary/aromatic N) is 1. The number of rotatable bonds is 5. The van der Waals surface area contributed by atoms with Crippen molar-refractivity contribution in [2.45, 2.75) is 18.3 Å². The molecule has 2 heterocycles. The van der Waals surface area contributed by atoms with Gasteiger partial charge in [-0.05, 0) is 36.6 Å². The summed E-state index contributed by atoms with van der Waals surface area (Å²) in [7, 11) is 1.54. The lowest BCUT2D eigenvalue weighted by Crippen LogP contribution is -2.44. The van der Waals surface area contributed by atoms with Gasteiger partial charge in [0.15, 0.2) is 0 Å². The van der Waals surface area contributed by atoms with Gasteiger partial charge in [-0.1, -0.05) is 23.7 Å². The van der Waals surface area contributed by atoms with Gasteiger partial charge < -0.3 is 14.8 Å². The zero-order chi connectivity index (χ0) is 17.7. The molecule has 2 aromatic rings. The van der Waals surface area contributed by atoms with Crippen molar-refractivity contribution in [3.05, 3.63) is 58.7 Å². The van der Waals surface area contributed by atoms with Crippen LogP contribution in [-0.4, -0.2) is 37.8 Å². The average molecular weight is 361 g/mol. The Balaban J connectivity index is 1.75. The number of amides is 1. The van der Waals surface area contributed by atoms with Crippen LogP contribution in [0.4, 0.5) is 0 Å². The van der Waals surface area contributed by atoms with Crippen LogP contribution in [0.15, 0.2) is 42.6 Å². The van der Waals surface area contributed by atoms with Crippen LogP contribution >= 0.6 is 11.6 Å². The fourth-order valence-electron chi connectivity index (χ4n) is 3.13. The van der Waals surface area contributed by atoms with Gasteiger partial charge in [0.25, 0.3) is 5.91 Å². The number of hydrogen-bond acceptors (Lipinski definition) is 4. The molecule has 0 spiro atoms. The van der Waals surface area contributed by atoms with Gasteiger partial charge in [-0.25, -0.2) is 4.98 Å². The Bertz CT molecular complexity index is 728. The van der Waals surface area contributed by atoms with E-state index in [0.29, 0.717) is 36.2 Å². The summed E-state index contributed by atoms with van der Waals surface area (Å²) in [6.45, 7) is 1.88. The third kappa shape index (κ3) is 4.11. The van der Waals surface area contributed by atoms with E-state index < -0.39 is 0 Å². The number of aromatic nitrogens is 1. The number of hydrogen-bond donors (Lipinski definition) is 1. The van der Waals surface area contributed by atoms with Crippen molar-refractivity contribution in [3.63, 3.8) is 0 Å². The lowest BCUT2D eigenvalue weighted by Gasteiger charge is -2.38. The van der Waals surface area contributed by atoms with Crippen LogP contribution in [0.2, 0.25) is 5.02 Å². The maximum atomic E-state index is 12.5. The first-order valence-corrected chi connectivity index (χ1v) is 8.63. The second kappa shape index (κ2) is 7.85. The second-order valence-corrected chi connectivity index (χ2v) is 6.61. The normalized spacial score (nSPS) is 16.2. The summed E-state index contributed by atoms with van der Waals surface area (Å²) in [6.07, 6.45) is 3.20. The minimum absolute atomic E-state index is 0.150. The summed E-state index contributed by atoms with van der Waals surface area (Å²) >= 11 is 6.17. The third-order valence-electron chi connectivity index (χ3n) is 4.68. The van der Waals surface area contributed by atoms with Crippen molar-refractivity contribution in [3.8, 4) is 5.88 Å². The molecule has 1 fully saturated rings. The number of nitrogens with one attached hydrogen (secondary N) is 1. The molecule has 0 unspecified atom stereocenters. The van der Waals surface area contributed by atoms with Crippen LogP contribution < -0.4 is 10.1 Å². The van der Waals surface area contributed by atoms with E-state index in [0.717, 1.165) is 18.4 Å². The summed E-state index contributed by atoms with van der Waals surface area (Å²) in [4.78, 5) is 16.6. The van der Waals surface area contributed by atoms with Crippen molar-refractivity contribution >= 4 is 17.5 Å². The zero-order valence-electron chi connectivity index (χ0n) is 14.1. The third-order valence-corrected chi connectivity index (χ3v) is 4.92. The van der Waals surface area contributed by atoms with Crippen LogP contribution in [0.25, 0.3) is 0 Å². The summed E-state index contributed by atoms with van der Waals surface area (Å²) in [5.74, 6) is 0.333. The first kappa shape index (κ1) is 17.7. The van der Waals surface area contributed by atoms with Crippen LogP contribution in [0.3, 0.4) is 0 Å². The number of carbonyl (C=O) groups excluding carboxylic acids is 1. The van der Waals surface area contributed by atoms with Gasteiger partial charge in [-0.3, -0.25) is 4.79 Å². The van der Waals surface area contributed by atoms with E-state index in [1.54, 1.807) is 19.2 Å². The van der Waals surface area contributed by atoms with E-state index in [1.807, 2.05) is 18.2 Å². The highest BCUT2D eigenvalue weighted by atomic mass is 35.5. The van der Waals surface area contributed by atoms with Crippen LogP contribution in [0.1, 0.15) is 28.8 Å². The number of carbonyl (C=O) groups is 1. The molecule has 0 atom stereocenters. The van der Waals surface area contributed by atoms with E-state index in [1.165, 1.54) is 6.20 Å². The molecule has 25 heavy (non-hydrogen) atoms. The molecule has 1 amide bonds. The monoisotopic (exact) mass is 360 g/mol. The predicted molar refractivity (Wildman–Crippen MR) is 96.3 cm³/mol. The molecule has 1 N–H and O–H groups in total. The molecule has 1 aliphatic rings. The van der Waals surface area contributed by atoms with Crippen molar-refractivity contribution in [2.75, 3.05) is 26.9 Å². The molecule has 0 bridgehead atoms. The van der Waals surface area contributed by atoms with Gasteiger partial charge in [0.1, 0.15) is 0 Å². The molecule has 5 nitrogen and oxygen atoms in total. The molecule has 0 radical (unpaired) electrons. The maximum Gasteiger partial charge on any atom is 0.252 e. The van der Waals surface area contributed by atoms with Crippen molar-refractivity contribution < 1.29 is 14.3 Å². The van der Waals surface area contributed by atoms with Crippen molar-refractivity contribution in [1.29, 1.82) is 0 Å². The Morgan fingerprint density at radius 3 is 2.76 bits per heavy atom. The van der Waals surface area contributed by atoms with E-state index in [2.05, 4.69) is 16.4 Å². The van der Waals surface area contributed by atoms with Gasteiger partial charge in [-0.15, -0.1) is 0 Å². The number of benzene rings is 1. The van der Waals surface area contributed by atoms with E-state index in [9.17, 15) is 4.79 Å². The van der Waals surface area contributed by atoms with E-state index in [-0.39, 0.29) is 11.3 Å². The second-order valence-electron chi connectivity index (χ2n) is 6.17. The largest absolute Gasteiger partial charge is 0.481 e. The molecule has 0 aliphatic carbocycles. The molecule has 6 heteroatoms. The highest BCUT2D eigenvalue weighted by Crippen LogP contribution is 2.35. The molecule has 0 saturated carbocycles. The quantitative estimate of drug-likeness (QED) is 0.889. The Morgan fingerprint density at radius 2 is 2.12 bits per heavy atom. The van der Waals surface area contributed by atoms with Gasteiger partial charge in [0, 0.05) is 42.5 Å². The lowest BCUT2D eigenvalue weighted by molar-refractivity contribution is 0.0487. The molecule has 1 aromatic carbocycles. The van der Waals surface area contributed by atoms with Crippen molar-refractivity contribution in [1.82, 2.24) is 10.3 Å². The first-order chi connectivity index (χ1) is 12.1. The topological polar surface area (TPSA) is 60.5 Å². The Kier molecular flexibility index (Phi) is 5.56. The summed E-state index contributed by atoms with van der Waals surface area (Å²) in [5.41, 5.74) is 1.48. The van der Waals surface area contributed by atoms with Gasteiger partial charge in [-0.2, -0.15) is 0 Å². The molecule has 1 aliphatic heterocycles. The zero-order valence-corrected chi connectivity index (χ0v) is 14.9. The summed E-state index contributed by atoms with van der Waals surface area (Å²) in [5, 5.41) is 3.75. The Labute approximate surface area is 152 Å². The van der Waals surface area contributed by atoms with Gasteiger partial charge in [0.2, 0.25) is 5.88 Å². The van der Waals surface area contributed by atoms with Crippen LogP contribution in [0.5, 0.6) is 5.88 Å². The minimum atomic E-state index is -0.168. The first-order valence-electron chi connectivity index (χ1n) is 8.25. The Morgan fingerprint density at radius 1 is 1.32 bits per heavy atom. The highest BCUT2D eigenvalue weighted by Gasteiger charge is 2.35. The number of ether oxygens (including phenoxy) is 2. The fraction of sp³-hybridized carbons (Fsp3) is 0.368. The van der Waals surface area contributed by atoms with E-state index >= 15 is 0 Å². The number of methoxy groups -OCH3 is 1. The maximum absolute atomic E-state index is 12.5. The van der Waals surface area contributed by atoms with Crippen LogP contribution in [-0.2, 0) is 10.2 Å². The molecular weight excluding hydrogens is 340 g/mol. The standard InChI is InChI=1S/C19H21ClN2O3/c1-24-17-6-5-14(12-21-17)18(23)22-13-19(7-9-25-10-8-19)15-3-2-4-16(20)11-15/h2-6,11-12H,7-10,13H2,1H3,(H,22,23). The highest BCUT2D eigenvalue weighted by molar-refractivity contribution is 6.30. The molecule has 1 aromatic heterocycles. The number of halogens is 1. The molecule has 132 valence electrons. The summed E-state index contributed by atoms with van der Waals surface area (Å²) < 4.78 is 10.5. The van der Waals surface area contributed by atoms with E-state index in [4.69, 9.17) is 21.1 Å². The molecular formula is C19H21ClN2O3. The number of pyridine rings is 1. The average Bonchev–Trinajstić information content (AvgIpc) is 2.67. The van der Waals surface area contributed by atoms with Crippen LogP contribution in [0, 0.1) is 0 Å².